The number of carbonyl (C=O) groups is 1. The minimum absolute atomic E-state index is 0.135. The van der Waals surface area contributed by atoms with Crippen molar-refractivity contribution in [2.75, 3.05) is 5.88 Å². The number of amides is 1. The molecule has 1 aromatic carbocycles. The zero-order valence-corrected chi connectivity index (χ0v) is 12.2. The summed E-state index contributed by atoms with van der Waals surface area (Å²) in [7, 11) is 0. The van der Waals surface area contributed by atoms with Crippen molar-refractivity contribution in [1.82, 2.24) is 10.3 Å². The normalized spacial score (nSPS) is 11.9. The summed E-state index contributed by atoms with van der Waals surface area (Å²) < 4.78 is 0. The molecule has 0 spiro atoms. The maximum absolute atomic E-state index is 12.0. The largest absolute Gasteiger partial charge is 0.346 e. The van der Waals surface area contributed by atoms with Crippen LogP contribution in [0.15, 0.2) is 48.7 Å². The number of nitrogens with zero attached hydrogens (tertiary/aromatic N) is 1. The van der Waals surface area contributed by atoms with E-state index in [9.17, 15) is 4.79 Å². The van der Waals surface area contributed by atoms with Gasteiger partial charge in [-0.05, 0) is 24.1 Å². The van der Waals surface area contributed by atoms with Gasteiger partial charge in [-0.3, -0.25) is 4.79 Å². The number of aromatic nitrogens is 1. The molecule has 104 valence electrons. The van der Waals surface area contributed by atoms with Gasteiger partial charge in [0.1, 0.15) is 5.69 Å². The van der Waals surface area contributed by atoms with Gasteiger partial charge in [-0.25, -0.2) is 4.98 Å². The molecule has 0 bridgehead atoms. The molecule has 0 aliphatic carbocycles. The maximum atomic E-state index is 12.0. The Morgan fingerprint density at radius 2 is 1.95 bits per heavy atom. The number of rotatable bonds is 5. The fourth-order valence-corrected chi connectivity index (χ4v) is 2.11. The first-order valence-corrected chi connectivity index (χ1v) is 7.12. The molecule has 0 saturated carbocycles. The van der Waals surface area contributed by atoms with E-state index in [1.807, 2.05) is 30.3 Å². The molecule has 1 aromatic heterocycles. The first-order valence-electron chi connectivity index (χ1n) is 6.21. The van der Waals surface area contributed by atoms with Crippen molar-refractivity contribution in [1.29, 1.82) is 0 Å². The molecule has 1 N–H and O–H groups in total. The lowest BCUT2D eigenvalue weighted by molar-refractivity contribution is 0.0935. The molecule has 0 radical (unpaired) electrons. The van der Waals surface area contributed by atoms with Crippen LogP contribution in [0.5, 0.6) is 0 Å². The Balaban J connectivity index is 1.99. The molecule has 2 rings (SSSR count). The van der Waals surface area contributed by atoms with Crippen LogP contribution in [0.4, 0.5) is 0 Å². The second-order valence-corrected chi connectivity index (χ2v) is 5.12. The van der Waals surface area contributed by atoms with Crippen molar-refractivity contribution < 1.29 is 4.79 Å². The van der Waals surface area contributed by atoms with Crippen LogP contribution in [0, 0.1) is 0 Å². The highest BCUT2D eigenvalue weighted by molar-refractivity contribution is 6.30. The van der Waals surface area contributed by atoms with Gasteiger partial charge in [-0.1, -0.05) is 41.9 Å². The Morgan fingerprint density at radius 1 is 1.20 bits per heavy atom. The summed E-state index contributed by atoms with van der Waals surface area (Å²) in [4.78, 5) is 16.0. The zero-order chi connectivity index (χ0) is 14.4. The Labute approximate surface area is 127 Å². The third-order valence-electron chi connectivity index (χ3n) is 2.81. The molecular formula is C15H14Cl2N2O. The summed E-state index contributed by atoms with van der Waals surface area (Å²) in [5, 5.41) is 3.37. The van der Waals surface area contributed by atoms with Crippen molar-refractivity contribution in [3.05, 3.63) is 64.9 Å². The van der Waals surface area contributed by atoms with Crippen LogP contribution >= 0.6 is 23.2 Å². The van der Waals surface area contributed by atoms with Crippen molar-refractivity contribution in [2.45, 2.75) is 12.5 Å². The van der Waals surface area contributed by atoms with Crippen LogP contribution < -0.4 is 5.32 Å². The van der Waals surface area contributed by atoms with Crippen molar-refractivity contribution in [3.8, 4) is 0 Å². The highest BCUT2D eigenvalue weighted by Crippen LogP contribution is 2.08. The number of alkyl halides is 1. The molecule has 2 aromatic rings. The van der Waals surface area contributed by atoms with Crippen LogP contribution in [0.2, 0.25) is 5.02 Å². The molecular weight excluding hydrogens is 295 g/mol. The molecule has 1 unspecified atom stereocenters. The van der Waals surface area contributed by atoms with Gasteiger partial charge in [0.05, 0.1) is 5.02 Å². The Hall–Kier alpha value is -1.58. The Bertz CT molecular complexity index is 558. The topological polar surface area (TPSA) is 42.0 Å². The molecule has 20 heavy (non-hydrogen) atoms. The lowest BCUT2D eigenvalue weighted by Gasteiger charge is -2.15. The van der Waals surface area contributed by atoms with Gasteiger partial charge in [0.25, 0.3) is 5.91 Å². The smallest absolute Gasteiger partial charge is 0.270 e. The van der Waals surface area contributed by atoms with Crippen LogP contribution in [-0.2, 0) is 6.42 Å². The minimum atomic E-state index is -0.247. The average molecular weight is 309 g/mol. The number of carbonyl (C=O) groups excluding carboxylic acids is 1. The standard InChI is InChI=1S/C15H14Cl2N2O/c16-9-13(8-11-4-2-1-3-5-11)19-15(20)14-7-6-12(17)10-18-14/h1-7,10,13H,8-9H2,(H,19,20). The van der Waals surface area contributed by atoms with Gasteiger partial charge in [0.15, 0.2) is 0 Å². The van der Waals surface area contributed by atoms with Crippen LogP contribution in [0.1, 0.15) is 16.1 Å². The number of pyridine rings is 1. The zero-order valence-electron chi connectivity index (χ0n) is 10.7. The summed E-state index contributed by atoms with van der Waals surface area (Å²) in [6.45, 7) is 0. The van der Waals surface area contributed by atoms with Gasteiger partial charge in [0, 0.05) is 18.1 Å². The lowest BCUT2D eigenvalue weighted by Crippen LogP contribution is -2.38. The number of hydrogen-bond acceptors (Lipinski definition) is 2. The van der Waals surface area contributed by atoms with Crippen molar-refractivity contribution in [3.63, 3.8) is 0 Å². The Kier molecular flexibility index (Phi) is 5.39. The monoisotopic (exact) mass is 308 g/mol. The fraction of sp³-hybridized carbons (Fsp3) is 0.200. The summed E-state index contributed by atoms with van der Waals surface area (Å²) >= 11 is 11.7. The first-order chi connectivity index (χ1) is 9.69. The van der Waals surface area contributed by atoms with Gasteiger partial charge >= 0.3 is 0 Å². The van der Waals surface area contributed by atoms with Gasteiger partial charge < -0.3 is 5.32 Å². The van der Waals surface area contributed by atoms with E-state index in [0.717, 1.165) is 5.56 Å². The number of hydrogen-bond donors (Lipinski definition) is 1. The molecule has 1 heterocycles. The second kappa shape index (κ2) is 7.27. The van der Waals surface area contributed by atoms with Crippen molar-refractivity contribution >= 4 is 29.1 Å². The van der Waals surface area contributed by atoms with Crippen LogP contribution in [0.3, 0.4) is 0 Å². The number of halogens is 2. The summed E-state index contributed by atoms with van der Waals surface area (Å²) in [6, 6.07) is 13.0. The van der Waals surface area contributed by atoms with Gasteiger partial charge in [0.2, 0.25) is 0 Å². The second-order valence-electron chi connectivity index (χ2n) is 4.38. The van der Waals surface area contributed by atoms with E-state index in [2.05, 4.69) is 10.3 Å². The van der Waals surface area contributed by atoms with E-state index >= 15 is 0 Å². The molecule has 5 heteroatoms. The fourth-order valence-electron chi connectivity index (χ4n) is 1.81. The SMILES string of the molecule is O=C(NC(CCl)Cc1ccccc1)c1ccc(Cl)cn1. The predicted octanol–water partition coefficient (Wildman–Crippen LogP) is 3.31. The molecule has 0 saturated heterocycles. The molecule has 1 atom stereocenters. The van der Waals surface area contributed by atoms with Crippen LogP contribution in [0.25, 0.3) is 0 Å². The highest BCUT2D eigenvalue weighted by atomic mass is 35.5. The third kappa shape index (κ3) is 4.22. The molecule has 1 amide bonds. The maximum Gasteiger partial charge on any atom is 0.270 e. The third-order valence-corrected chi connectivity index (χ3v) is 3.40. The highest BCUT2D eigenvalue weighted by Gasteiger charge is 2.14. The minimum Gasteiger partial charge on any atom is -0.346 e. The van der Waals surface area contributed by atoms with E-state index in [4.69, 9.17) is 23.2 Å². The van der Waals surface area contributed by atoms with E-state index in [1.54, 1.807) is 12.1 Å². The molecule has 0 aliphatic heterocycles. The number of nitrogens with one attached hydrogen (secondary N) is 1. The average Bonchev–Trinajstić information content (AvgIpc) is 2.48. The molecule has 0 fully saturated rings. The van der Waals surface area contributed by atoms with Crippen LogP contribution in [-0.4, -0.2) is 22.8 Å². The van der Waals surface area contributed by atoms with E-state index < -0.39 is 0 Å². The van der Waals surface area contributed by atoms with E-state index in [-0.39, 0.29) is 11.9 Å². The summed E-state index contributed by atoms with van der Waals surface area (Å²) in [5.41, 5.74) is 1.46. The first kappa shape index (κ1) is 14.8. The van der Waals surface area contributed by atoms with Gasteiger partial charge in [-0.15, -0.1) is 11.6 Å². The molecule has 0 aliphatic rings. The Morgan fingerprint density at radius 3 is 2.55 bits per heavy atom. The predicted molar refractivity (Wildman–Crippen MR) is 81.4 cm³/mol. The van der Waals surface area contributed by atoms with E-state index in [1.165, 1.54) is 6.20 Å². The van der Waals surface area contributed by atoms with Crippen molar-refractivity contribution in [2.24, 2.45) is 0 Å². The molecule has 3 nitrogen and oxygen atoms in total. The summed E-state index contributed by atoms with van der Waals surface area (Å²) in [6.07, 6.45) is 2.13. The lowest BCUT2D eigenvalue weighted by atomic mass is 10.1. The van der Waals surface area contributed by atoms with E-state index in [0.29, 0.717) is 23.0 Å². The quantitative estimate of drug-likeness (QED) is 0.861. The van der Waals surface area contributed by atoms with Gasteiger partial charge in [-0.2, -0.15) is 0 Å². The summed E-state index contributed by atoms with van der Waals surface area (Å²) in [5.74, 6) is 0.0945. The number of benzene rings is 1.